The Morgan fingerprint density at radius 2 is 1.62 bits per heavy atom. The van der Waals surface area contributed by atoms with Crippen molar-refractivity contribution in [2.45, 2.75) is 45.4 Å². The zero-order valence-corrected chi connectivity index (χ0v) is 20.4. The van der Waals surface area contributed by atoms with E-state index < -0.39 is 15.4 Å². The summed E-state index contributed by atoms with van der Waals surface area (Å²) in [5.74, 6) is 0.508. The maximum atomic E-state index is 13.1. The molecule has 178 valence electrons. The maximum absolute atomic E-state index is 13.1. The first-order valence-corrected chi connectivity index (χ1v) is 12.8. The molecule has 1 atom stereocenters. The Bertz CT molecular complexity index is 916. The molecule has 0 bridgehead atoms. The van der Waals surface area contributed by atoms with Crippen molar-refractivity contribution in [2.75, 3.05) is 45.9 Å². The van der Waals surface area contributed by atoms with E-state index in [1.807, 2.05) is 27.7 Å². The van der Waals surface area contributed by atoms with Crippen LogP contribution in [0.15, 0.2) is 29.2 Å². The minimum atomic E-state index is -3.62. The molecule has 1 aromatic carbocycles. The number of nitrogens with zero attached hydrogens (tertiary/aromatic N) is 3. The molecule has 0 radical (unpaired) electrons. The van der Waals surface area contributed by atoms with Gasteiger partial charge in [0.15, 0.2) is 0 Å². The van der Waals surface area contributed by atoms with Crippen LogP contribution < -0.4 is 4.74 Å². The van der Waals surface area contributed by atoms with Gasteiger partial charge in [0.2, 0.25) is 21.8 Å². The minimum absolute atomic E-state index is 0.0227. The summed E-state index contributed by atoms with van der Waals surface area (Å²) in [7, 11) is -3.62. The van der Waals surface area contributed by atoms with Gasteiger partial charge in [-0.25, -0.2) is 8.42 Å². The molecular weight excluding hydrogens is 430 g/mol. The number of ether oxygens (including phenoxy) is 1. The predicted octanol–water partition coefficient (Wildman–Crippen LogP) is 2.20. The van der Waals surface area contributed by atoms with Crippen LogP contribution in [0.5, 0.6) is 5.75 Å². The number of amides is 2. The van der Waals surface area contributed by atoms with Crippen LogP contribution in [0.3, 0.4) is 0 Å². The standard InChI is InChI=1S/C23H35N3O5S/c1-5-31-19-8-10-20(11-9-19)32(29,30)26-15-13-24(14-16-26)21(27)18-7-6-12-25(17-18)22(28)23(2,3)4/h8-11,18H,5-7,12-17H2,1-4H3. The highest BCUT2D eigenvalue weighted by Crippen LogP contribution is 2.26. The van der Waals surface area contributed by atoms with E-state index in [9.17, 15) is 18.0 Å². The average molecular weight is 466 g/mol. The van der Waals surface area contributed by atoms with E-state index in [2.05, 4.69) is 0 Å². The Balaban J connectivity index is 1.59. The summed E-state index contributed by atoms with van der Waals surface area (Å²) in [4.78, 5) is 29.5. The van der Waals surface area contributed by atoms with Gasteiger partial charge in [-0.05, 0) is 44.0 Å². The fourth-order valence-corrected chi connectivity index (χ4v) is 5.69. The molecule has 1 unspecified atom stereocenters. The quantitative estimate of drug-likeness (QED) is 0.665. The van der Waals surface area contributed by atoms with E-state index in [-0.39, 0.29) is 35.7 Å². The van der Waals surface area contributed by atoms with Crippen LogP contribution in [0.2, 0.25) is 0 Å². The van der Waals surface area contributed by atoms with Crippen LogP contribution in [-0.4, -0.2) is 80.2 Å². The van der Waals surface area contributed by atoms with Gasteiger partial charge in [0.25, 0.3) is 0 Å². The number of carbonyl (C=O) groups excluding carboxylic acids is 2. The number of hydrogen-bond acceptors (Lipinski definition) is 5. The van der Waals surface area contributed by atoms with Crippen molar-refractivity contribution in [3.05, 3.63) is 24.3 Å². The van der Waals surface area contributed by atoms with Gasteiger partial charge in [0.05, 0.1) is 17.4 Å². The van der Waals surface area contributed by atoms with E-state index >= 15 is 0 Å². The third kappa shape index (κ3) is 5.43. The number of rotatable bonds is 5. The molecule has 2 fully saturated rings. The van der Waals surface area contributed by atoms with E-state index in [1.165, 1.54) is 4.31 Å². The summed E-state index contributed by atoms with van der Waals surface area (Å²) in [5, 5.41) is 0. The minimum Gasteiger partial charge on any atom is -0.494 e. The van der Waals surface area contributed by atoms with Gasteiger partial charge < -0.3 is 14.5 Å². The molecule has 2 saturated heterocycles. The zero-order valence-electron chi connectivity index (χ0n) is 19.5. The number of likely N-dealkylation sites (tertiary alicyclic amines) is 1. The second-order valence-corrected chi connectivity index (χ2v) is 11.4. The second-order valence-electron chi connectivity index (χ2n) is 9.47. The van der Waals surface area contributed by atoms with Crippen molar-refractivity contribution in [1.29, 1.82) is 0 Å². The topological polar surface area (TPSA) is 87.2 Å². The first kappa shape index (κ1) is 24.5. The third-order valence-electron chi connectivity index (χ3n) is 6.02. The lowest BCUT2D eigenvalue weighted by atomic mass is 9.90. The molecule has 0 aliphatic carbocycles. The Hall–Kier alpha value is -2.13. The molecule has 2 aliphatic rings. The molecule has 9 heteroatoms. The van der Waals surface area contributed by atoms with Gasteiger partial charge >= 0.3 is 0 Å². The lowest BCUT2D eigenvalue weighted by molar-refractivity contribution is -0.145. The molecule has 1 aromatic rings. The Morgan fingerprint density at radius 3 is 2.19 bits per heavy atom. The largest absolute Gasteiger partial charge is 0.494 e. The fraction of sp³-hybridized carbons (Fsp3) is 0.652. The van der Waals surface area contributed by atoms with Crippen LogP contribution in [0.1, 0.15) is 40.5 Å². The molecule has 8 nitrogen and oxygen atoms in total. The van der Waals surface area contributed by atoms with Crippen LogP contribution in [0.4, 0.5) is 0 Å². The summed E-state index contributed by atoms with van der Waals surface area (Å²) >= 11 is 0. The molecule has 0 spiro atoms. The van der Waals surface area contributed by atoms with Gasteiger partial charge in [0, 0.05) is 44.7 Å². The number of carbonyl (C=O) groups is 2. The number of piperazine rings is 1. The van der Waals surface area contributed by atoms with E-state index in [1.54, 1.807) is 34.1 Å². The zero-order chi connectivity index (χ0) is 23.5. The van der Waals surface area contributed by atoms with Crippen LogP contribution >= 0.6 is 0 Å². The lowest BCUT2D eigenvalue weighted by Gasteiger charge is -2.39. The van der Waals surface area contributed by atoms with Crippen molar-refractivity contribution >= 4 is 21.8 Å². The van der Waals surface area contributed by atoms with Gasteiger partial charge in [-0.1, -0.05) is 20.8 Å². The maximum Gasteiger partial charge on any atom is 0.243 e. The smallest absolute Gasteiger partial charge is 0.243 e. The lowest BCUT2D eigenvalue weighted by Crippen LogP contribution is -2.54. The Kier molecular flexibility index (Phi) is 7.50. The summed E-state index contributed by atoms with van der Waals surface area (Å²) in [5.41, 5.74) is -0.466. The summed E-state index contributed by atoms with van der Waals surface area (Å²) in [6.45, 7) is 10.5. The number of benzene rings is 1. The molecule has 0 N–H and O–H groups in total. The second kappa shape index (κ2) is 9.79. The van der Waals surface area contributed by atoms with Crippen LogP contribution in [-0.2, 0) is 19.6 Å². The molecule has 2 aliphatic heterocycles. The predicted molar refractivity (Wildman–Crippen MR) is 122 cm³/mol. The number of sulfonamides is 1. The first-order chi connectivity index (χ1) is 15.0. The molecule has 0 saturated carbocycles. The highest BCUT2D eigenvalue weighted by molar-refractivity contribution is 7.89. The van der Waals surface area contributed by atoms with Crippen molar-refractivity contribution < 1.29 is 22.7 Å². The third-order valence-corrected chi connectivity index (χ3v) is 7.94. The van der Waals surface area contributed by atoms with Crippen molar-refractivity contribution in [3.63, 3.8) is 0 Å². The van der Waals surface area contributed by atoms with E-state index in [0.29, 0.717) is 38.5 Å². The monoisotopic (exact) mass is 465 g/mol. The molecule has 3 rings (SSSR count). The van der Waals surface area contributed by atoms with Crippen molar-refractivity contribution in [3.8, 4) is 5.75 Å². The fourth-order valence-electron chi connectivity index (χ4n) is 4.27. The molecule has 2 amide bonds. The van der Waals surface area contributed by atoms with Crippen LogP contribution in [0.25, 0.3) is 0 Å². The highest BCUT2D eigenvalue weighted by atomic mass is 32.2. The van der Waals surface area contributed by atoms with Gasteiger partial charge in [0.1, 0.15) is 5.75 Å². The Labute approximate surface area is 191 Å². The number of piperidine rings is 1. The molecule has 0 aromatic heterocycles. The van der Waals surface area contributed by atoms with Gasteiger partial charge in [-0.3, -0.25) is 9.59 Å². The van der Waals surface area contributed by atoms with Crippen molar-refractivity contribution in [1.82, 2.24) is 14.1 Å². The molecule has 2 heterocycles. The normalized spacial score (nSPS) is 20.8. The van der Waals surface area contributed by atoms with E-state index in [4.69, 9.17) is 4.74 Å². The van der Waals surface area contributed by atoms with E-state index in [0.717, 1.165) is 12.8 Å². The summed E-state index contributed by atoms with van der Waals surface area (Å²) in [6.07, 6.45) is 1.57. The molecular formula is C23H35N3O5S. The summed E-state index contributed by atoms with van der Waals surface area (Å²) in [6, 6.07) is 6.43. The summed E-state index contributed by atoms with van der Waals surface area (Å²) < 4.78 is 32.8. The van der Waals surface area contributed by atoms with Gasteiger partial charge in [-0.15, -0.1) is 0 Å². The van der Waals surface area contributed by atoms with Crippen LogP contribution in [0, 0.1) is 11.3 Å². The highest BCUT2D eigenvalue weighted by Gasteiger charge is 2.37. The molecule has 32 heavy (non-hydrogen) atoms. The average Bonchev–Trinajstić information content (AvgIpc) is 2.78. The number of hydrogen-bond donors (Lipinski definition) is 0. The Morgan fingerprint density at radius 1 is 1.00 bits per heavy atom. The van der Waals surface area contributed by atoms with Crippen molar-refractivity contribution in [2.24, 2.45) is 11.3 Å². The SMILES string of the molecule is CCOc1ccc(S(=O)(=O)N2CCN(C(=O)C3CCCN(C(=O)C(C)(C)C)C3)CC2)cc1. The first-order valence-electron chi connectivity index (χ1n) is 11.3. The van der Waals surface area contributed by atoms with Gasteiger partial charge in [-0.2, -0.15) is 4.31 Å².